The van der Waals surface area contributed by atoms with E-state index < -0.39 is 0 Å². The van der Waals surface area contributed by atoms with Gasteiger partial charge in [0.1, 0.15) is 0 Å². The summed E-state index contributed by atoms with van der Waals surface area (Å²) in [5.41, 5.74) is 13.5. The van der Waals surface area contributed by atoms with Crippen LogP contribution in [0.5, 0.6) is 0 Å². The van der Waals surface area contributed by atoms with Crippen LogP contribution in [0.2, 0.25) is 0 Å². The molecule has 0 bridgehead atoms. The van der Waals surface area contributed by atoms with Crippen molar-refractivity contribution < 1.29 is 0 Å². The highest BCUT2D eigenvalue weighted by Gasteiger charge is 2.36. The van der Waals surface area contributed by atoms with E-state index >= 15 is 0 Å². The Morgan fingerprint density at radius 2 is 0.827 bits per heavy atom. The monoisotopic (exact) mass is 663 g/mol. The maximum absolute atomic E-state index is 2.47. The number of anilines is 3. The topological polar surface area (TPSA) is 3.24 Å². The van der Waals surface area contributed by atoms with E-state index in [2.05, 4.69) is 207 Å². The third-order valence-corrected chi connectivity index (χ3v) is 11.2. The molecule has 0 unspecified atom stereocenters. The molecule has 0 aliphatic heterocycles. The number of fused-ring (bicyclic) bond motifs is 6. The van der Waals surface area contributed by atoms with Gasteiger partial charge in [0, 0.05) is 22.4 Å². The second kappa shape index (κ2) is 11.8. The summed E-state index contributed by atoms with van der Waals surface area (Å²) in [5, 5.41) is 7.49. The van der Waals surface area contributed by atoms with Crippen LogP contribution in [0.15, 0.2) is 188 Å². The summed E-state index contributed by atoms with van der Waals surface area (Å²) >= 11 is 0. The molecule has 0 amide bonds. The summed E-state index contributed by atoms with van der Waals surface area (Å²) in [6, 6.07) is 69.4. The van der Waals surface area contributed by atoms with Crippen LogP contribution in [0.1, 0.15) is 25.0 Å². The average Bonchev–Trinajstić information content (AvgIpc) is 3.41. The molecule has 0 radical (unpaired) electrons. The first-order chi connectivity index (χ1) is 25.5. The van der Waals surface area contributed by atoms with E-state index in [1.165, 1.54) is 76.8 Å². The van der Waals surface area contributed by atoms with Crippen molar-refractivity contribution in [3.8, 4) is 33.4 Å². The van der Waals surface area contributed by atoms with Crippen molar-refractivity contribution in [1.29, 1.82) is 0 Å². The smallest absolute Gasteiger partial charge is 0.0546 e. The highest BCUT2D eigenvalue weighted by atomic mass is 15.1. The summed E-state index contributed by atoms with van der Waals surface area (Å²) in [6.07, 6.45) is 0. The van der Waals surface area contributed by atoms with Crippen LogP contribution < -0.4 is 4.90 Å². The summed E-state index contributed by atoms with van der Waals surface area (Å²) in [6.45, 7) is 4.74. The summed E-state index contributed by atoms with van der Waals surface area (Å²) in [4.78, 5) is 2.47. The molecule has 0 spiro atoms. The van der Waals surface area contributed by atoms with Crippen molar-refractivity contribution in [3.05, 3.63) is 199 Å². The molecule has 0 fully saturated rings. The van der Waals surface area contributed by atoms with Crippen LogP contribution in [-0.4, -0.2) is 0 Å². The maximum Gasteiger partial charge on any atom is 0.0546 e. The molecule has 9 aromatic carbocycles. The third-order valence-electron chi connectivity index (χ3n) is 11.2. The second-order valence-electron chi connectivity index (χ2n) is 14.6. The SMILES string of the molecule is CC1(C)c2ccc(N(c3ccc(-c4ccccc4)cc3)c3cc4ccccc4cc3-c3ccc4ccccc4c3)cc2-c2cc3ccccc3cc21. The lowest BCUT2D eigenvalue weighted by molar-refractivity contribution is 0.661. The zero-order valence-electron chi connectivity index (χ0n) is 29.3. The molecule has 10 rings (SSSR count). The maximum atomic E-state index is 2.47. The van der Waals surface area contributed by atoms with Crippen molar-refractivity contribution in [3.63, 3.8) is 0 Å². The van der Waals surface area contributed by atoms with E-state index in [1.54, 1.807) is 0 Å². The van der Waals surface area contributed by atoms with Gasteiger partial charge in [-0.15, -0.1) is 0 Å². The first-order valence-electron chi connectivity index (χ1n) is 18.2. The van der Waals surface area contributed by atoms with Crippen molar-refractivity contribution in [2.24, 2.45) is 0 Å². The number of benzene rings is 9. The fraction of sp³-hybridized carbons (Fsp3) is 0.0588. The standard InChI is InChI=1S/C51H37N/c1-51(2)48-27-26-44(33-47(48)46-30-39-17-8-10-18-40(39)31-49(46)51)52(43-24-22-36(23-25-43)34-12-4-3-5-13-34)50-32-41-19-11-9-16-38(41)29-45(50)42-21-20-35-14-6-7-15-37(35)28-42/h3-33H,1-2H3. The predicted octanol–water partition coefficient (Wildman–Crippen LogP) is 14.3. The molecule has 52 heavy (non-hydrogen) atoms. The fourth-order valence-electron chi connectivity index (χ4n) is 8.43. The van der Waals surface area contributed by atoms with E-state index in [1.807, 2.05) is 0 Å². The molecule has 0 atom stereocenters. The van der Waals surface area contributed by atoms with Gasteiger partial charge in [-0.1, -0.05) is 147 Å². The molecule has 246 valence electrons. The molecule has 0 saturated heterocycles. The Morgan fingerprint density at radius 1 is 0.327 bits per heavy atom. The second-order valence-corrected chi connectivity index (χ2v) is 14.6. The zero-order chi connectivity index (χ0) is 34.8. The molecule has 0 saturated carbocycles. The van der Waals surface area contributed by atoms with Gasteiger partial charge in [0.25, 0.3) is 0 Å². The Balaban J connectivity index is 1.22. The van der Waals surface area contributed by atoms with E-state index in [0.29, 0.717) is 0 Å². The van der Waals surface area contributed by atoms with E-state index in [-0.39, 0.29) is 5.41 Å². The van der Waals surface area contributed by atoms with Gasteiger partial charge in [-0.05, 0) is 126 Å². The van der Waals surface area contributed by atoms with Crippen LogP contribution in [0.4, 0.5) is 17.1 Å². The molecular formula is C51H37N. The van der Waals surface area contributed by atoms with Crippen LogP contribution in [0, 0.1) is 0 Å². The van der Waals surface area contributed by atoms with Crippen LogP contribution in [0.3, 0.4) is 0 Å². The molecule has 1 aliphatic carbocycles. The van der Waals surface area contributed by atoms with Gasteiger partial charge in [-0.3, -0.25) is 0 Å². The Labute approximate surface area is 305 Å². The largest absolute Gasteiger partial charge is 0.310 e. The molecule has 1 aliphatic rings. The van der Waals surface area contributed by atoms with Gasteiger partial charge < -0.3 is 4.90 Å². The minimum Gasteiger partial charge on any atom is -0.310 e. The van der Waals surface area contributed by atoms with Crippen molar-refractivity contribution in [2.45, 2.75) is 19.3 Å². The van der Waals surface area contributed by atoms with Crippen molar-refractivity contribution in [1.82, 2.24) is 0 Å². The summed E-state index contributed by atoms with van der Waals surface area (Å²) < 4.78 is 0. The lowest BCUT2D eigenvalue weighted by Gasteiger charge is -2.30. The minimum absolute atomic E-state index is 0.103. The fourth-order valence-corrected chi connectivity index (χ4v) is 8.43. The first kappa shape index (κ1) is 30.4. The highest BCUT2D eigenvalue weighted by molar-refractivity contribution is 6.01. The quantitative estimate of drug-likeness (QED) is 0.177. The Kier molecular flexibility index (Phi) is 6.91. The minimum atomic E-state index is -0.103. The molecule has 0 N–H and O–H groups in total. The Hall–Kier alpha value is -6.44. The van der Waals surface area contributed by atoms with Crippen LogP contribution in [-0.2, 0) is 5.41 Å². The van der Waals surface area contributed by atoms with Crippen molar-refractivity contribution in [2.75, 3.05) is 4.90 Å². The lowest BCUT2D eigenvalue weighted by Crippen LogP contribution is -2.15. The van der Waals surface area contributed by atoms with Gasteiger partial charge in [0.05, 0.1) is 5.69 Å². The van der Waals surface area contributed by atoms with Gasteiger partial charge >= 0.3 is 0 Å². The van der Waals surface area contributed by atoms with Gasteiger partial charge in [0.15, 0.2) is 0 Å². The normalized spacial score (nSPS) is 13.0. The Bertz CT molecular complexity index is 2810. The zero-order valence-corrected chi connectivity index (χ0v) is 29.3. The number of hydrogen-bond donors (Lipinski definition) is 0. The highest BCUT2D eigenvalue weighted by Crippen LogP contribution is 2.52. The summed E-state index contributed by atoms with van der Waals surface area (Å²) in [7, 11) is 0. The van der Waals surface area contributed by atoms with Gasteiger partial charge in [-0.25, -0.2) is 0 Å². The molecule has 0 heterocycles. The summed E-state index contributed by atoms with van der Waals surface area (Å²) in [5.74, 6) is 0. The van der Waals surface area contributed by atoms with Crippen molar-refractivity contribution >= 4 is 49.4 Å². The lowest BCUT2D eigenvalue weighted by atomic mass is 9.82. The van der Waals surface area contributed by atoms with E-state index in [4.69, 9.17) is 0 Å². The van der Waals surface area contributed by atoms with Crippen LogP contribution in [0.25, 0.3) is 65.7 Å². The molecule has 1 heteroatoms. The number of hydrogen-bond acceptors (Lipinski definition) is 1. The molecule has 0 aromatic heterocycles. The predicted molar refractivity (Wildman–Crippen MR) is 222 cm³/mol. The average molecular weight is 664 g/mol. The number of rotatable bonds is 5. The molecular weight excluding hydrogens is 627 g/mol. The Morgan fingerprint density at radius 3 is 1.52 bits per heavy atom. The number of nitrogens with zero attached hydrogens (tertiary/aromatic N) is 1. The van der Waals surface area contributed by atoms with E-state index in [0.717, 1.165) is 17.1 Å². The van der Waals surface area contributed by atoms with E-state index in [9.17, 15) is 0 Å². The molecule has 9 aromatic rings. The van der Waals surface area contributed by atoms with Gasteiger partial charge in [0.2, 0.25) is 0 Å². The molecule has 1 nitrogen and oxygen atoms in total. The first-order valence-corrected chi connectivity index (χ1v) is 18.2. The third kappa shape index (κ3) is 4.93. The van der Waals surface area contributed by atoms with Gasteiger partial charge in [-0.2, -0.15) is 0 Å². The van der Waals surface area contributed by atoms with Crippen LogP contribution >= 0.6 is 0 Å².